The van der Waals surface area contributed by atoms with E-state index in [4.69, 9.17) is 0 Å². The number of benzene rings is 2. The first-order chi connectivity index (χ1) is 11.8. The van der Waals surface area contributed by atoms with Crippen LogP contribution in [0.2, 0.25) is 0 Å². The zero-order chi connectivity index (χ0) is 18.3. The first-order valence-corrected chi connectivity index (χ1v) is 7.40. The third kappa shape index (κ3) is 2.77. The van der Waals surface area contributed by atoms with Gasteiger partial charge >= 0.3 is 0 Å². The molecular formula is C19H13F5N+. The van der Waals surface area contributed by atoms with Crippen LogP contribution in [0.3, 0.4) is 0 Å². The Kier molecular flexibility index (Phi) is 4.29. The van der Waals surface area contributed by atoms with Crippen LogP contribution in [0.25, 0.3) is 22.4 Å². The standard InChI is InChI=1S/C19H13F5N/c1-10-5-3-4-6-12(10)13-9-11(7-8-25(13)2)14-15(20)17(22)19(24)18(23)16(14)21/h3-9H,1-2H3/q+1. The van der Waals surface area contributed by atoms with Gasteiger partial charge in [0.15, 0.2) is 29.5 Å². The molecule has 0 atom stereocenters. The number of hydrogen-bond donors (Lipinski definition) is 0. The summed E-state index contributed by atoms with van der Waals surface area (Å²) in [5, 5.41) is 0. The molecule has 0 aliphatic rings. The first kappa shape index (κ1) is 17.1. The molecule has 0 aliphatic heterocycles. The fraction of sp³-hybridized carbons (Fsp3) is 0.105. The largest absolute Gasteiger partial charge is 0.213 e. The number of hydrogen-bond acceptors (Lipinski definition) is 0. The molecule has 0 fully saturated rings. The molecular weight excluding hydrogens is 337 g/mol. The van der Waals surface area contributed by atoms with Crippen LogP contribution in [0.4, 0.5) is 22.0 Å². The minimum absolute atomic E-state index is 0.0934. The van der Waals surface area contributed by atoms with Gasteiger partial charge in [-0.25, -0.2) is 26.5 Å². The smallest absolute Gasteiger partial charge is 0.203 e. The molecule has 0 aliphatic carbocycles. The van der Waals surface area contributed by atoms with Crippen molar-refractivity contribution in [2.75, 3.05) is 0 Å². The number of aryl methyl sites for hydroxylation is 2. The Balaban J connectivity index is 2.29. The van der Waals surface area contributed by atoms with Crippen molar-refractivity contribution in [3.05, 3.63) is 77.2 Å². The molecule has 0 bridgehead atoms. The van der Waals surface area contributed by atoms with E-state index in [1.807, 2.05) is 25.1 Å². The van der Waals surface area contributed by atoms with Gasteiger partial charge in [0.1, 0.15) is 7.05 Å². The highest BCUT2D eigenvalue weighted by atomic mass is 19.2. The molecule has 0 saturated carbocycles. The Hall–Kier alpha value is -2.76. The average molecular weight is 350 g/mol. The Morgan fingerprint density at radius 3 is 1.92 bits per heavy atom. The van der Waals surface area contributed by atoms with E-state index in [1.165, 1.54) is 18.3 Å². The van der Waals surface area contributed by atoms with Crippen LogP contribution in [0.5, 0.6) is 0 Å². The molecule has 3 rings (SSSR count). The molecule has 0 radical (unpaired) electrons. The lowest BCUT2D eigenvalue weighted by atomic mass is 9.99. The van der Waals surface area contributed by atoms with E-state index in [0.29, 0.717) is 5.69 Å². The van der Waals surface area contributed by atoms with E-state index in [2.05, 4.69) is 0 Å². The SMILES string of the molecule is Cc1ccccc1-c1cc(-c2c(F)c(F)c(F)c(F)c2F)cc[n+]1C. The molecule has 6 heteroatoms. The number of halogens is 5. The van der Waals surface area contributed by atoms with Gasteiger partial charge in [-0.15, -0.1) is 0 Å². The Morgan fingerprint density at radius 2 is 1.32 bits per heavy atom. The number of nitrogens with zero attached hydrogens (tertiary/aromatic N) is 1. The molecule has 0 spiro atoms. The van der Waals surface area contributed by atoms with Crippen LogP contribution < -0.4 is 4.57 Å². The quantitative estimate of drug-likeness (QED) is 0.269. The van der Waals surface area contributed by atoms with Crippen molar-refractivity contribution in [1.82, 2.24) is 0 Å². The second-order valence-corrected chi connectivity index (χ2v) is 5.67. The van der Waals surface area contributed by atoms with Crippen molar-refractivity contribution in [3.63, 3.8) is 0 Å². The Morgan fingerprint density at radius 1 is 0.760 bits per heavy atom. The van der Waals surface area contributed by atoms with Crippen LogP contribution in [0.1, 0.15) is 5.56 Å². The van der Waals surface area contributed by atoms with Crippen LogP contribution in [0, 0.1) is 36.0 Å². The molecule has 1 aromatic heterocycles. The summed E-state index contributed by atoms with van der Waals surface area (Å²) in [6.07, 6.45) is 1.51. The van der Waals surface area contributed by atoms with E-state index >= 15 is 0 Å². The van der Waals surface area contributed by atoms with Gasteiger partial charge in [-0.05, 0) is 18.6 Å². The van der Waals surface area contributed by atoms with Gasteiger partial charge in [-0.1, -0.05) is 18.2 Å². The van der Waals surface area contributed by atoms with Gasteiger partial charge in [-0.3, -0.25) is 0 Å². The summed E-state index contributed by atoms with van der Waals surface area (Å²) in [4.78, 5) is 0. The van der Waals surface area contributed by atoms with Crippen molar-refractivity contribution in [1.29, 1.82) is 0 Å². The fourth-order valence-corrected chi connectivity index (χ4v) is 2.71. The fourth-order valence-electron chi connectivity index (χ4n) is 2.71. The van der Waals surface area contributed by atoms with E-state index < -0.39 is 34.6 Å². The maximum absolute atomic E-state index is 14.1. The molecule has 0 amide bonds. The monoisotopic (exact) mass is 350 g/mol. The molecule has 25 heavy (non-hydrogen) atoms. The minimum atomic E-state index is -2.17. The zero-order valence-electron chi connectivity index (χ0n) is 13.4. The second-order valence-electron chi connectivity index (χ2n) is 5.67. The van der Waals surface area contributed by atoms with Crippen molar-refractivity contribution in [2.24, 2.45) is 7.05 Å². The molecule has 3 aromatic rings. The Labute approximate surface area is 141 Å². The van der Waals surface area contributed by atoms with Crippen LogP contribution in [-0.2, 0) is 7.05 Å². The number of rotatable bonds is 2. The lowest BCUT2D eigenvalue weighted by molar-refractivity contribution is -0.660. The lowest BCUT2D eigenvalue weighted by Crippen LogP contribution is -2.30. The number of aromatic nitrogens is 1. The van der Waals surface area contributed by atoms with Crippen LogP contribution in [-0.4, -0.2) is 0 Å². The van der Waals surface area contributed by atoms with E-state index in [1.54, 1.807) is 17.7 Å². The maximum atomic E-state index is 14.1. The van der Waals surface area contributed by atoms with E-state index in [-0.39, 0.29) is 5.56 Å². The van der Waals surface area contributed by atoms with E-state index in [9.17, 15) is 22.0 Å². The van der Waals surface area contributed by atoms with Crippen LogP contribution in [0.15, 0.2) is 42.6 Å². The summed E-state index contributed by atoms with van der Waals surface area (Å²) in [6.45, 7) is 1.86. The summed E-state index contributed by atoms with van der Waals surface area (Å²) in [6, 6.07) is 10.0. The highest BCUT2D eigenvalue weighted by Gasteiger charge is 2.27. The molecule has 2 aromatic carbocycles. The molecule has 0 saturated heterocycles. The molecule has 128 valence electrons. The second kappa shape index (κ2) is 6.27. The first-order valence-electron chi connectivity index (χ1n) is 7.40. The van der Waals surface area contributed by atoms with Crippen molar-refractivity contribution >= 4 is 0 Å². The summed E-state index contributed by atoms with van der Waals surface area (Å²) in [5.41, 5.74) is 1.25. The van der Waals surface area contributed by atoms with Gasteiger partial charge in [0.2, 0.25) is 11.5 Å². The van der Waals surface area contributed by atoms with E-state index in [0.717, 1.165) is 11.1 Å². The summed E-state index contributed by atoms with van der Waals surface area (Å²) in [5.74, 6) is -9.78. The lowest BCUT2D eigenvalue weighted by Gasteiger charge is -2.10. The third-order valence-electron chi connectivity index (χ3n) is 4.07. The molecule has 1 heterocycles. The minimum Gasteiger partial charge on any atom is -0.203 e. The van der Waals surface area contributed by atoms with Crippen molar-refractivity contribution in [3.8, 4) is 22.4 Å². The zero-order valence-corrected chi connectivity index (χ0v) is 13.4. The maximum Gasteiger partial charge on any atom is 0.213 e. The number of pyridine rings is 1. The summed E-state index contributed by atoms with van der Waals surface area (Å²) < 4.78 is 70.1. The normalized spacial score (nSPS) is 11.0. The Bertz CT molecular complexity index is 953. The summed E-state index contributed by atoms with van der Waals surface area (Å²) >= 11 is 0. The van der Waals surface area contributed by atoms with Gasteiger partial charge in [0, 0.05) is 23.3 Å². The summed E-state index contributed by atoms with van der Waals surface area (Å²) in [7, 11) is 1.73. The third-order valence-corrected chi connectivity index (χ3v) is 4.07. The topological polar surface area (TPSA) is 3.88 Å². The van der Waals surface area contributed by atoms with Crippen molar-refractivity contribution in [2.45, 2.75) is 6.92 Å². The van der Waals surface area contributed by atoms with Crippen molar-refractivity contribution < 1.29 is 26.5 Å². The molecule has 0 unspecified atom stereocenters. The van der Waals surface area contributed by atoms with Gasteiger partial charge in [0.05, 0.1) is 5.56 Å². The van der Waals surface area contributed by atoms with Gasteiger partial charge in [-0.2, -0.15) is 0 Å². The highest BCUT2D eigenvalue weighted by molar-refractivity contribution is 5.71. The highest BCUT2D eigenvalue weighted by Crippen LogP contribution is 2.33. The molecule has 1 nitrogen and oxygen atoms in total. The predicted molar refractivity (Wildman–Crippen MR) is 83.0 cm³/mol. The molecule has 0 N–H and O–H groups in total. The average Bonchev–Trinajstić information content (AvgIpc) is 2.60. The van der Waals surface area contributed by atoms with Gasteiger partial charge < -0.3 is 0 Å². The van der Waals surface area contributed by atoms with Gasteiger partial charge in [0.25, 0.3) is 0 Å². The predicted octanol–water partition coefficient (Wildman–Crippen LogP) is 4.85. The van der Waals surface area contributed by atoms with Crippen LogP contribution >= 0.6 is 0 Å².